The topological polar surface area (TPSA) is 80.6 Å². The van der Waals surface area contributed by atoms with Crippen LogP contribution in [0.3, 0.4) is 0 Å². The molecule has 0 aliphatic carbocycles. The summed E-state index contributed by atoms with van der Waals surface area (Å²) in [6.45, 7) is 3.02. The Labute approximate surface area is 149 Å². The van der Waals surface area contributed by atoms with Gasteiger partial charge in [0.1, 0.15) is 6.54 Å². The van der Waals surface area contributed by atoms with E-state index in [1.165, 1.54) is 11.5 Å². The van der Waals surface area contributed by atoms with Crippen LogP contribution in [-0.4, -0.2) is 36.6 Å². The SMILES string of the molecule is Cc1csc(=O)n1CC(=O)O[C@@H](C)C(=O)Nc1ccc(N(C)C)cc1. The van der Waals surface area contributed by atoms with E-state index in [1.54, 1.807) is 24.4 Å². The van der Waals surface area contributed by atoms with E-state index in [4.69, 9.17) is 4.74 Å². The zero-order valence-corrected chi connectivity index (χ0v) is 15.4. The predicted octanol–water partition coefficient (Wildman–Crippen LogP) is 1.85. The molecule has 0 radical (unpaired) electrons. The summed E-state index contributed by atoms with van der Waals surface area (Å²) < 4.78 is 6.43. The smallest absolute Gasteiger partial charge is 0.326 e. The van der Waals surface area contributed by atoms with Crippen molar-refractivity contribution in [2.24, 2.45) is 0 Å². The molecule has 8 heteroatoms. The number of nitrogens with zero attached hydrogens (tertiary/aromatic N) is 2. The van der Waals surface area contributed by atoms with Crippen LogP contribution in [0.4, 0.5) is 11.4 Å². The Balaban J connectivity index is 1.91. The fourth-order valence-corrected chi connectivity index (χ4v) is 2.83. The number of carbonyl (C=O) groups excluding carboxylic acids is 2. The van der Waals surface area contributed by atoms with Crippen LogP contribution in [0.25, 0.3) is 0 Å². The summed E-state index contributed by atoms with van der Waals surface area (Å²) in [5, 5.41) is 4.36. The number of ether oxygens (including phenoxy) is 1. The quantitative estimate of drug-likeness (QED) is 0.793. The van der Waals surface area contributed by atoms with Crippen molar-refractivity contribution < 1.29 is 14.3 Å². The van der Waals surface area contributed by atoms with E-state index in [9.17, 15) is 14.4 Å². The highest BCUT2D eigenvalue weighted by molar-refractivity contribution is 7.07. The van der Waals surface area contributed by atoms with E-state index >= 15 is 0 Å². The molecule has 2 rings (SSSR count). The maximum absolute atomic E-state index is 12.1. The molecule has 1 aromatic carbocycles. The van der Waals surface area contributed by atoms with Crippen molar-refractivity contribution in [1.29, 1.82) is 0 Å². The molecule has 0 aliphatic heterocycles. The second-order valence-corrected chi connectivity index (χ2v) is 6.61. The molecule has 2 aromatic rings. The third kappa shape index (κ3) is 4.93. The van der Waals surface area contributed by atoms with Crippen LogP contribution in [-0.2, 0) is 20.9 Å². The fourth-order valence-electron chi connectivity index (χ4n) is 2.10. The number of hydrogen-bond donors (Lipinski definition) is 1. The number of nitrogens with one attached hydrogen (secondary N) is 1. The Morgan fingerprint density at radius 3 is 2.44 bits per heavy atom. The van der Waals surface area contributed by atoms with Gasteiger partial charge in [-0.1, -0.05) is 11.3 Å². The lowest BCUT2D eigenvalue weighted by molar-refractivity contribution is -0.153. The molecule has 0 saturated heterocycles. The number of hydrogen-bond acceptors (Lipinski definition) is 6. The van der Waals surface area contributed by atoms with E-state index in [1.807, 2.05) is 31.1 Å². The molecule has 0 spiro atoms. The van der Waals surface area contributed by atoms with Crippen molar-refractivity contribution in [3.8, 4) is 0 Å². The second-order valence-electron chi connectivity index (χ2n) is 5.79. The van der Waals surface area contributed by atoms with Crippen LogP contribution in [0.15, 0.2) is 34.4 Å². The predicted molar refractivity (Wildman–Crippen MR) is 98.3 cm³/mol. The van der Waals surface area contributed by atoms with E-state index in [0.29, 0.717) is 11.4 Å². The summed E-state index contributed by atoms with van der Waals surface area (Å²) in [6.07, 6.45) is -0.962. The van der Waals surface area contributed by atoms with Gasteiger partial charge in [0, 0.05) is 36.5 Å². The van der Waals surface area contributed by atoms with Crippen molar-refractivity contribution >= 4 is 34.6 Å². The van der Waals surface area contributed by atoms with Crippen molar-refractivity contribution in [3.63, 3.8) is 0 Å². The largest absolute Gasteiger partial charge is 0.451 e. The van der Waals surface area contributed by atoms with Gasteiger partial charge < -0.3 is 15.0 Å². The summed E-state index contributed by atoms with van der Waals surface area (Å²) in [6, 6.07) is 7.29. The first-order chi connectivity index (χ1) is 11.8. The van der Waals surface area contributed by atoms with Gasteiger partial charge in [-0.25, -0.2) is 0 Å². The maximum atomic E-state index is 12.1. The van der Waals surface area contributed by atoms with Crippen LogP contribution >= 0.6 is 11.3 Å². The first-order valence-corrected chi connectivity index (χ1v) is 8.58. The summed E-state index contributed by atoms with van der Waals surface area (Å²) >= 11 is 1.02. The molecular weight excluding hydrogens is 342 g/mol. The third-order valence-electron chi connectivity index (χ3n) is 3.59. The molecule has 1 heterocycles. The monoisotopic (exact) mass is 363 g/mol. The van der Waals surface area contributed by atoms with Crippen LogP contribution in [0.2, 0.25) is 0 Å². The standard InChI is InChI=1S/C17H21N3O4S/c1-11-10-25-17(23)20(11)9-15(21)24-12(2)16(22)18-13-5-7-14(8-6-13)19(3)4/h5-8,10,12H,9H2,1-4H3,(H,18,22)/t12-/m0/s1. The molecule has 0 aliphatic rings. The summed E-state index contributed by atoms with van der Waals surface area (Å²) in [4.78, 5) is 37.4. The zero-order chi connectivity index (χ0) is 18.6. The fraction of sp³-hybridized carbons (Fsp3) is 0.353. The van der Waals surface area contributed by atoms with E-state index < -0.39 is 18.0 Å². The molecule has 1 atom stereocenters. The van der Waals surface area contributed by atoms with Crippen molar-refractivity contribution in [1.82, 2.24) is 4.57 Å². The number of anilines is 2. The van der Waals surface area contributed by atoms with Crippen LogP contribution in [0, 0.1) is 6.92 Å². The third-order valence-corrected chi connectivity index (χ3v) is 4.47. The number of rotatable bonds is 6. The summed E-state index contributed by atoms with van der Waals surface area (Å²) in [5.74, 6) is -1.06. The highest BCUT2D eigenvalue weighted by Crippen LogP contribution is 2.16. The van der Waals surface area contributed by atoms with Gasteiger partial charge in [0.15, 0.2) is 6.10 Å². The minimum Gasteiger partial charge on any atom is -0.451 e. The van der Waals surface area contributed by atoms with Gasteiger partial charge >= 0.3 is 10.8 Å². The van der Waals surface area contributed by atoms with Gasteiger partial charge in [-0.15, -0.1) is 0 Å². The molecule has 0 saturated carbocycles. The van der Waals surface area contributed by atoms with Gasteiger partial charge in [-0.2, -0.15) is 0 Å². The van der Waals surface area contributed by atoms with Gasteiger partial charge in [-0.3, -0.25) is 19.0 Å². The highest BCUT2D eigenvalue weighted by atomic mass is 32.1. The number of aromatic nitrogens is 1. The number of thiazole rings is 1. The van der Waals surface area contributed by atoms with E-state index in [2.05, 4.69) is 5.32 Å². The average molecular weight is 363 g/mol. The van der Waals surface area contributed by atoms with E-state index in [-0.39, 0.29) is 11.4 Å². The highest BCUT2D eigenvalue weighted by Gasteiger charge is 2.19. The number of benzene rings is 1. The molecule has 7 nitrogen and oxygen atoms in total. The van der Waals surface area contributed by atoms with Crippen LogP contribution in [0.1, 0.15) is 12.6 Å². The first-order valence-electron chi connectivity index (χ1n) is 7.70. The zero-order valence-electron chi connectivity index (χ0n) is 14.6. The molecule has 1 amide bonds. The molecule has 0 fully saturated rings. The number of aryl methyl sites for hydroxylation is 1. The Morgan fingerprint density at radius 1 is 1.28 bits per heavy atom. The molecule has 0 bridgehead atoms. The second kappa shape index (κ2) is 7.98. The van der Waals surface area contributed by atoms with Gasteiger partial charge in [0.2, 0.25) is 0 Å². The molecular formula is C17H21N3O4S. The minimum absolute atomic E-state index is 0.205. The number of esters is 1. The van der Waals surface area contributed by atoms with Crippen LogP contribution in [0.5, 0.6) is 0 Å². The van der Waals surface area contributed by atoms with Crippen molar-refractivity contribution in [2.75, 3.05) is 24.3 Å². The molecule has 1 N–H and O–H groups in total. The summed E-state index contributed by atoms with van der Waals surface area (Å²) in [7, 11) is 3.85. The first kappa shape index (κ1) is 18.7. The number of carbonyl (C=O) groups is 2. The lowest BCUT2D eigenvalue weighted by Gasteiger charge is -2.15. The number of amides is 1. The average Bonchev–Trinajstić information content (AvgIpc) is 2.87. The molecule has 25 heavy (non-hydrogen) atoms. The van der Waals surface area contributed by atoms with Crippen LogP contribution < -0.4 is 15.1 Å². The Hall–Kier alpha value is -2.61. The van der Waals surface area contributed by atoms with Gasteiger partial charge in [0.25, 0.3) is 5.91 Å². The molecule has 0 unspecified atom stereocenters. The lowest BCUT2D eigenvalue weighted by Crippen LogP contribution is -2.32. The molecule has 1 aromatic heterocycles. The molecule has 134 valence electrons. The minimum atomic E-state index is -0.962. The van der Waals surface area contributed by atoms with Gasteiger partial charge in [0.05, 0.1) is 0 Å². The Bertz CT molecular complexity index is 808. The van der Waals surface area contributed by atoms with Crippen molar-refractivity contribution in [2.45, 2.75) is 26.5 Å². The van der Waals surface area contributed by atoms with E-state index in [0.717, 1.165) is 17.0 Å². The maximum Gasteiger partial charge on any atom is 0.326 e. The normalized spacial score (nSPS) is 11.7. The lowest BCUT2D eigenvalue weighted by atomic mass is 10.2. The summed E-state index contributed by atoms with van der Waals surface area (Å²) in [5.41, 5.74) is 2.31. The van der Waals surface area contributed by atoms with Gasteiger partial charge in [-0.05, 0) is 38.1 Å². The Morgan fingerprint density at radius 2 is 1.92 bits per heavy atom. The van der Waals surface area contributed by atoms with Crippen molar-refractivity contribution in [3.05, 3.63) is 45.0 Å². The Kier molecular flexibility index (Phi) is 5.97.